The molecule has 1 rings (SSSR count). The second kappa shape index (κ2) is 2.56. The highest BCUT2D eigenvalue weighted by molar-refractivity contribution is 5.95. The van der Waals surface area contributed by atoms with Crippen LogP contribution in [-0.4, -0.2) is 10.9 Å². The highest BCUT2D eigenvalue weighted by Crippen LogP contribution is 2.18. The minimum atomic E-state index is -0.178. The van der Waals surface area contributed by atoms with E-state index in [2.05, 4.69) is 0 Å². The van der Waals surface area contributed by atoms with Crippen LogP contribution in [0.15, 0.2) is 16.7 Å². The Bertz CT molecular complexity index is 237. The monoisotopic (exact) mass is 140 g/mol. The van der Waals surface area contributed by atoms with Gasteiger partial charge in [-0.2, -0.15) is 0 Å². The molecule has 0 atom stereocenters. The summed E-state index contributed by atoms with van der Waals surface area (Å²) in [6.45, 7) is 1.71. The number of hydrogen-bond acceptors (Lipinski definition) is 3. The van der Waals surface area contributed by atoms with Gasteiger partial charge in [0.2, 0.25) is 11.5 Å². The quantitative estimate of drug-likeness (QED) is 0.634. The highest BCUT2D eigenvalue weighted by atomic mass is 16.4. The molecule has 0 saturated carbocycles. The van der Waals surface area contributed by atoms with Crippen LogP contribution >= 0.6 is 0 Å². The third-order valence-electron chi connectivity index (χ3n) is 1.22. The molecule has 1 N–H and O–H groups in total. The van der Waals surface area contributed by atoms with Crippen molar-refractivity contribution in [1.82, 2.24) is 0 Å². The summed E-state index contributed by atoms with van der Waals surface area (Å²) in [5, 5.41) is 8.94. The van der Waals surface area contributed by atoms with Gasteiger partial charge in [-0.3, -0.25) is 4.79 Å². The minimum Gasteiger partial charge on any atom is -0.504 e. The van der Waals surface area contributed by atoms with E-state index < -0.39 is 0 Å². The van der Waals surface area contributed by atoms with E-state index in [9.17, 15) is 4.79 Å². The number of rotatable bonds is 2. The Kier molecular flexibility index (Phi) is 1.76. The van der Waals surface area contributed by atoms with Gasteiger partial charge in [0.15, 0.2) is 5.75 Å². The highest BCUT2D eigenvalue weighted by Gasteiger charge is 2.11. The van der Waals surface area contributed by atoms with Crippen molar-refractivity contribution in [3.63, 3.8) is 0 Å². The molecule has 0 aromatic carbocycles. The maximum absolute atomic E-state index is 10.8. The smallest absolute Gasteiger partial charge is 0.210 e. The maximum atomic E-state index is 10.8. The van der Waals surface area contributed by atoms with Gasteiger partial charge in [0, 0.05) is 12.5 Å². The number of Topliss-reactive ketones (excluding diaryl/α,β-unsaturated/α-hetero) is 1. The van der Waals surface area contributed by atoms with Gasteiger partial charge in [0.1, 0.15) is 0 Å². The number of furan rings is 1. The molecule has 0 aliphatic rings. The summed E-state index contributed by atoms with van der Waals surface area (Å²) in [4.78, 5) is 10.8. The van der Waals surface area contributed by atoms with Crippen LogP contribution in [0.5, 0.6) is 5.75 Å². The van der Waals surface area contributed by atoms with Crippen molar-refractivity contribution in [1.29, 1.82) is 0 Å². The van der Waals surface area contributed by atoms with Crippen molar-refractivity contribution in [3.05, 3.63) is 18.1 Å². The van der Waals surface area contributed by atoms with Gasteiger partial charge in [-0.1, -0.05) is 6.92 Å². The van der Waals surface area contributed by atoms with Crippen LogP contribution in [-0.2, 0) is 0 Å². The fourth-order valence-electron chi connectivity index (χ4n) is 0.672. The Morgan fingerprint density at radius 2 is 2.50 bits per heavy atom. The summed E-state index contributed by atoms with van der Waals surface area (Å²) >= 11 is 0. The van der Waals surface area contributed by atoms with E-state index in [1.54, 1.807) is 6.92 Å². The number of carbonyl (C=O) groups is 1. The molecule has 1 aromatic rings. The molecule has 10 heavy (non-hydrogen) atoms. The van der Waals surface area contributed by atoms with E-state index in [1.165, 1.54) is 12.3 Å². The lowest BCUT2D eigenvalue weighted by molar-refractivity contribution is 0.0958. The van der Waals surface area contributed by atoms with E-state index in [0.717, 1.165) is 0 Å². The molecule has 54 valence electrons. The predicted octanol–water partition coefficient (Wildman–Crippen LogP) is 1.58. The largest absolute Gasteiger partial charge is 0.504 e. The lowest BCUT2D eigenvalue weighted by Crippen LogP contribution is -1.93. The molecular formula is C7H8O3. The molecule has 0 fully saturated rings. The van der Waals surface area contributed by atoms with Crippen LogP contribution in [0.1, 0.15) is 23.9 Å². The van der Waals surface area contributed by atoms with E-state index in [1.807, 2.05) is 0 Å². The Balaban J connectivity index is 2.93. The summed E-state index contributed by atoms with van der Waals surface area (Å²) in [5.41, 5.74) is 0. The van der Waals surface area contributed by atoms with Crippen molar-refractivity contribution in [2.75, 3.05) is 0 Å². The first-order chi connectivity index (χ1) is 4.75. The molecule has 0 bridgehead atoms. The Morgan fingerprint density at radius 1 is 1.80 bits per heavy atom. The zero-order chi connectivity index (χ0) is 7.56. The van der Waals surface area contributed by atoms with Crippen LogP contribution in [0.4, 0.5) is 0 Å². The van der Waals surface area contributed by atoms with Crippen molar-refractivity contribution >= 4 is 5.78 Å². The lowest BCUT2D eigenvalue weighted by atomic mass is 10.2. The molecule has 1 aromatic heterocycles. The number of hydrogen-bond donors (Lipinski definition) is 1. The van der Waals surface area contributed by atoms with Crippen molar-refractivity contribution < 1.29 is 14.3 Å². The molecule has 0 spiro atoms. The fourth-order valence-corrected chi connectivity index (χ4v) is 0.672. The molecular weight excluding hydrogens is 132 g/mol. The van der Waals surface area contributed by atoms with Gasteiger partial charge < -0.3 is 9.52 Å². The third kappa shape index (κ3) is 1.03. The molecule has 0 radical (unpaired) electrons. The van der Waals surface area contributed by atoms with E-state index in [4.69, 9.17) is 9.52 Å². The van der Waals surface area contributed by atoms with Crippen LogP contribution in [0.2, 0.25) is 0 Å². The first-order valence-electron chi connectivity index (χ1n) is 3.05. The molecule has 0 amide bonds. The predicted molar refractivity (Wildman–Crippen MR) is 35.0 cm³/mol. The first kappa shape index (κ1) is 6.86. The van der Waals surface area contributed by atoms with Crippen molar-refractivity contribution in [3.8, 4) is 5.75 Å². The molecule has 3 heteroatoms. The van der Waals surface area contributed by atoms with Gasteiger partial charge in [0.25, 0.3) is 0 Å². The van der Waals surface area contributed by atoms with Gasteiger partial charge in [-0.05, 0) is 0 Å². The molecule has 0 aliphatic carbocycles. The second-order valence-corrected chi connectivity index (χ2v) is 1.91. The number of ketones is 1. The first-order valence-corrected chi connectivity index (χ1v) is 3.05. The van der Waals surface area contributed by atoms with E-state index in [-0.39, 0.29) is 17.3 Å². The van der Waals surface area contributed by atoms with E-state index in [0.29, 0.717) is 6.42 Å². The zero-order valence-electron chi connectivity index (χ0n) is 5.63. The lowest BCUT2D eigenvalue weighted by Gasteiger charge is -1.90. The summed E-state index contributed by atoms with van der Waals surface area (Å²) in [6, 6.07) is 1.35. The van der Waals surface area contributed by atoms with Gasteiger partial charge in [-0.25, -0.2) is 0 Å². The van der Waals surface area contributed by atoms with Gasteiger partial charge >= 0.3 is 0 Å². The number of carbonyl (C=O) groups excluding carboxylic acids is 1. The Labute approximate surface area is 58.3 Å². The summed E-state index contributed by atoms with van der Waals surface area (Å²) in [5.74, 6) is -0.197. The maximum Gasteiger partial charge on any atom is 0.210 e. The molecule has 3 nitrogen and oxygen atoms in total. The third-order valence-corrected chi connectivity index (χ3v) is 1.22. The summed E-state index contributed by atoms with van der Waals surface area (Å²) in [6.07, 6.45) is 1.64. The standard InChI is InChI=1S/C7H8O3/c1-2-5(8)7-6(9)3-4-10-7/h3-4,9H,2H2,1H3. The molecule has 0 unspecified atom stereocenters. The topological polar surface area (TPSA) is 50.4 Å². The number of aromatic hydroxyl groups is 1. The van der Waals surface area contributed by atoms with Crippen LogP contribution in [0.3, 0.4) is 0 Å². The molecule has 1 heterocycles. The van der Waals surface area contributed by atoms with Crippen molar-refractivity contribution in [2.24, 2.45) is 0 Å². The van der Waals surface area contributed by atoms with E-state index >= 15 is 0 Å². The van der Waals surface area contributed by atoms with Gasteiger partial charge in [-0.15, -0.1) is 0 Å². The van der Waals surface area contributed by atoms with Crippen LogP contribution in [0, 0.1) is 0 Å². The summed E-state index contributed by atoms with van der Waals surface area (Å²) in [7, 11) is 0. The van der Waals surface area contributed by atoms with Crippen molar-refractivity contribution in [2.45, 2.75) is 13.3 Å². The Morgan fingerprint density at radius 3 is 2.90 bits per heavy atom. The van der Waals surface area contributed by atoms with Crippen LogP contribution in [0.25, 0.3) is 0 Å². The average molecular weight is 140 g/mol. The second-order valence-electron chi connectivity index (χ2n) is 1.91. The molecule has 0 aliphatic heterocycles. The van der Waals surface area contributed by atoms with Crippen LogP contribution < -0.4 is 0 Å². The SMILES string of the molecule is CCC(=O)c1occc1O. The Hall–Kier alpha value is -1.25. The van der Waals surface area contributed by atoms with Gasteiger partial charge in [0.05, 0.1) is 6.26 Å². The summed E-state index contributed by atoms with van der Waals surface area (Å²) < 4.78 is 4.72. The fraction of sp³-hybridized carbons (Fsp3) is 0.286. The molecule has 0 saturated heterocycles. The minimum absolute atomic E-state index is 0.0579. The average Bonchev–Trinajstić information content (AvgIpc) is 2.34. The zero-order valence-corrected chi connectivity index (χ0v) is 5.63. The normalized spacial score (nSPS) is 9.70.